The van der Waals surface area contributed by atoms with Crippen LogP contribution in [0.3, 0.4) is 0 Å². The lowest BCUT2D eigenvalue weighted by Gasteiger charge is -2.15. The molecule has 0 aliphatic heterocycles. The highest BCUT2D eigenvalue weighted by Gasteiger charge is 2.42. The summed E-state index contributed by atoms with van der Waals surface area (Å²) in [6, 6.07) is 15.3. The Hall–Kier alpha value is -3.96. The standard InChI is InChI=1S/C15H17N3O2.C12H17N3/c1-2-5-14(15(20)17-9-8-16)18-10-12-6-3-4-7-13(12)11-19;1-14-8-9-3-4-10(7-11(9)13)12(15-2)5-6-12/h3-7,11,18H,2,9-10H2,1H3,(H,17,20);3-4,7-8,15H,5-6,13H2,1-2H3/b14-5+;. The monoisotopic (exact) mass is 474 g/mol. The van der Waals surface area contributed by atoms with E-state index in [0.717, 1.165) is 23.1 Å². The normalized spacial score (nSPS) is 13.8. The van der Waals surface area contributed by atoms with Gasteiger partial charge in [0.1, 0.15) is 12.8 Å². The second-order valence-electron chi connectivity index (χ2n) is 8.10. The number of carbonyl (C=O) groups excluding carboxylic acids is 2. The molecule has 1 saturated carbocycles. The van der Waals surface area contributed by atoms with Crippen molar-refractivity contribution in [3.63, 3.8) is 0 Å². The molecule has 0 aromatic heterocycles. The molecule has 5 N–H and O–H groups in total. The smallest absolute Gasteiger partial charge is 0.267 e. The number of rotatable bonds is 10. The number of nitrogens with zero attached hydrogens (tertiary/aromatic N) is 2. The van der Waals surface area contributed by atoms with E-state index < -0.39 is 0 Å². The van der Waals surface area contributed by atoms with Crippen LogP contribution in [0.1, 0.15) is 53.2 Å². The lowest BCUT2D eigenvalue weighted by Crippen LogP contribution is -2.32. The van der Waals surface area contributed by atoms with Gasteiger partial charge in [-0.3, -0.25) is 14.6 Å². The molecule has 2 aromatic rings. The maximum Gasteiger partial charge on any atom is 0.267 e. The van der Waals surface area contributed by atoms with Gasteiger partial charge in [-0.1, -0.05) is 49.4 Å². The molecule has 0 saturated heterocycles. The number of amides is 1. The molecule has 0 heterocycles. The van der Waals surface area contributed by atoms with Crippen molar-refractivity contribution in [2.75, 3.05) is 26.4 Å². The number of hydrogen-bond donors (Lipinski definition) is 4. The Morgan fingerprint density at radius 3 is 2.51 bits per heavy atom. The van der Waals surface area contributed by atoms with Crippen LogP contribution in [0.2, 0.25) is 0 Å². The van der Waals surface area contributed by atoms with Crippen LogP contribution in [0, 0.1) is 11.3 Å². The van der Waals surface area contributed by atoms with E-state index in [1.807, 2.05) is 38.2 Å². The van der Waals surface area contributed by atoms with Crippen molar-refractivity contribution >= 4 is 24.1 Å². The Morgan fingerprint density at radius 1 is 1.20 bits per heavy atom. The highest BCUT2D eigenvalue weighted by molar-refractivity contribution is 5.93. The highest BCUT2D eigenvalue weighted by Crippen LogP contribution is 2.45. The van der Waals surface area contributed by atoms with Crippen molar-refractivity contribution in [2.45, 2.75) is 38.3 Å². The zero-order chi connectivity index (χ0) is 25.7. The van der Waals surface area contributed by atoms with Gasteiger partial charge < -0.3 is 21.7 Å². The molecule has 8 nitrogen and oxygen atoms in total. The zero-order valence-electron chi connectivity index (χ0n) is 20.6. The van der Waals surface area contributed by atoms with E-state index in [2.05, 4.69) is 33.1 Å². The first kappa shape index (κ1) is 27.3. The summed E-state index contributed by atoms with van der Waals surface area (Å²) in [4.78, 5) is 26.7. The Bertz CT molecular complexity index is 1110. The van der Waals surface area contributed by atoms with E-state index in [1.165, 1.54) is 18.4 Å². The quantitative estimate of drug-likeness (QED) is 0.138. The molecular weight excluding hydrogens is 440 g/mol. The van der Waals surface area contributed by atoms with Gasteiger partial charge in [-0.05, 0) is 43.5 Å². The third kappa shape index (κ3) is 7.80. The average Bonchev–Trinajstić information content (AvgIpc) is 3.68. The Balaban J connectivity index is 0.000000256. The summed E-state index contributed by atoms with van der Waals surface area (Å²) in [6.45, 7) is 2.26. The second-order valence-corrected chi connectivity index (χ2v) is 8.10. The predicted molar refractivity (Wildman–Crippen MR) is 140 cm³/mol. The molecule has 1 aliphatic carbocycles. The molecule has 1 amide bonds. The van der Waals surface area contributed by atoms with Gasteiger partial charge in [-0.2, -0.15) is 5.26 Å². The van der Waals surface area contributed by atoms with Gasteiger partial charge in [0, 0.05) is 42.2 Å². The maximum absolute atomic E-state index is 11.8. The van der Waals surface area contributed by atoms with Gasteiger partial charge in [-0.25, -0.2) is 0 Å². The molecule has 3 rings (SSSR count). The Labute approximate surface area is 207 Å². The predicted octanol–water partition coefficient (Wildman–Crippen LogP) is 3.05. The molecule has 0 spiro atoms. The molecule has 0 radical (unpaired) electrons. The maximum atomic E-state index is 11.8. The third-order valence-electron chi connectivity index (χ3n) is 5.77. The number of carbonyl (C=O) groups is 2. The van der Waals surface area contributed by atoms with Crippen LogP contribution in [0.25, 0.3) is 0 Å². The SMILES string of the molecule is CC/C=C(/NCc1ccccc1C=O)C(=O)NCC#N.CN=Cc1ccc(C2(NC)CC2)cc1N. The molecule has 184 valence electrons. The first-order valence-corrected chi connectivity index (χ1v) is 11.6. The van der Waals surface area contributed by atoms with Crippen LogP contribution in [-0.2, 0) is 16.9 Å². The molecular formula is C27H34N6O2. The van der Waals surface area contributed by atoms with Gasteiger partial charge >= 0.3 is 0 Å². The second kappa shape index (κ2) is 13.7. The van der Waals surface area contributed by atoms with E-state index in [-0.39, 0.29) is 18.0 Å². The molecule has 0 bridgehead atoms. The number of hydrogen-bond acceptors (Lipinski definition) is 7. The van der Waals surface area contributed by atoms with E-state index in [1.54, 1.807) is 31.5 Å². The number of aliphatic imine (C=N–C) groups is 1. The number of aldehydes is 1. The van der Waals surface area contributed by atoms with E-state index >= 15 is 0 Å². The number of benzene rings is 2. The van der Waals surface area contributed by atoms with E-state index in [4.69, 9.17) is 11.0 Å². The number of nitrogens with two attached hydrogens (primary N) is 1. The van der Waals surface area contributed by atoms with Crippen molar-refractivity contribution in [1.29, 1.82) is 5.26 Å². The van der Waals surface area contributed by atoms with Crippen molar-refractivity contribution in [1.82, 2.24) is 16.0 Å². The van der Waals surface area contributed by atoms with Crippen LogP contribution in [0.5, 0.6) is 0 Å². The molecule has 8 heteroatoms. The molecule has 35 heavy (non-hydrogen) atoms. The molecule has 0 unspecified atom stereocenters. The Kier molecular flexibility index (Phi) is 10.7. The largest absolute Gasteiger partial charge is 0.398 e. The number of nitrogen functional groups attached to an aromatic ring is 1. The van der Waals surface area contributed by atoms with Crippen LogP contribution in [0.15, 0.2) is 59.2 Å². The summed E-state index contributed by atoms with van der Waals surface area (Å²) >= 11 is 0. The highest BCUT2D eigenvalue weighted by atomic mass is 16.2. The summed E-state index contributed by atoms with van der Waals surface area (Å²) < 4.78 is 0. The first-order chi connectivity index (χ1) is 16.9. The van der Waals surface area contributed by atoms with Gasteiger partial charge in [0.25, 0.3) is 5.91 Å². The topological polar surface area (TPSA) is 132 Å². The van der Waals surface area contributed by atoms with Crippen LogP contribution < -0.4 is 21.7 Å². The third-order valence-corrected chi connectivity index (χ3v) is 5.77. The Morgan fingerprint density at radius 2 is 1.94 bits per heavy atom. The molecule has 1 aliphatic rings. The van der Waals surface area contributed by atoms with Crippen LogP contribution >= 0.6 is 0 Å². The van der Waals surface area contributed by atoms with Crippen molar-refractivity contribution in [2.24, 2.45) is 4.99 Å². The molecule has 2 aromatic carbocycles. The minimum Gasteiger partial charge on any atom is -0.398 e. The van der Waals surface area contributed by atoms with Crippen LogP contribution in [0.4, 0.5) is 5.69 Å². The lowest BCUT2D eigenvalue weighted by molar-refractivity contribution is -0.117. The molecule has 1 fully saturated rings. The van der Waals surface area contributed by atoms with E-state index in [9.17, 15) is 9.59 Å². The number of anilines is 1. The van der Waals surface area contributed by atoms with Crippen molar-refractivity contribution in [3.8, 4) is 6.07 Å². The summed E-state index contributed by atoms with van der Waals surface area (Å²) in [5, 5.41) is 17.3. The van der Waals surface area contributed by atoms with Crippen LogP contribution in [-0.4, -0.2) is 39.0 Å². The van der Waals surface area contributed by atoms with Crippen molar-refractivity contribution < 1.29 is 9.59 Å². The van der Waals surface area contributed by atoms with Gasteiger partial charge in [-0.15, -0.1) is 0 Å². The minimum atomic E-state index is -0.322. The average molecular weight is 475 g/mol. The van der Waals surface area contributed by atoms with Gasteiger partial charge in [0.2, 0.25) is 0 Å². The summed E-state index contributed by atoms with van der Waals surface area (Å²) in [5.74, 6) is -0.322. The molecule has 0 atom stereocenters. The zero-order valence-corrected chi connectivity index (χ0v) is 20.6. The van der Waals surface area contributed by atoms with E-state index in [0.29, 0.717) is 24.2 Å². The fourth-order valence-electron chi connectivity index (χ4n) is 3.60. The number of nitrogens with one attached hydrogen (secondary N) is 3. The minimum absolute atomic E-state index is 0.0352. The summed E-state index contributed by atoms with van der Waals surface area (Å²) in [6.07, 6.45) is 7.41. The summed E-state index contributed by atoms with van der Waals surface area (Å²) in [5.41, 5.74) is 11.1. The number of nitriles is 1. The van der Waals surface area contributed by atoms with Gasteiger partial charge in [0.15, 0.2) is 0 Å². The first-order valence-electron chi connectivity index (χ1n) is 11.6. The number of allylic oxidation sites excluding steroid dienone is 1. The fourth-order valence-corrected chi connectivity index (χ4v) is 3.60. The van der Waals surface area contributed by atoms with Crippen molar-refractivity contribution in [3.05, 3.63) is 76.5 Å². The fraction of sp³-hybridized carbons (Fsp3) is 0.333. The lowest BCUT2D eigenvalue weighted by atomic mass is 10.0. The van der Waals surface area contributed by atoms with Gasteiger partial charge in [0.05, 0.1) is 11.8 Å². The summed E-state index contributed by atoms with van der Waals surface area (Å²) in [7, 11) is 3.76.